The lowest BCUT2D eigenvalue weighted by molar-refractivity contribution is -0.113. The van der Waals surface area contributed by atoms with Crippen molar-refractivity contribution in [3.05, 3.63) is 41.9 Å². The Morgan fingerprint density at radius 1 is 1.27 bits per heavy atom. The number of thioether (sulfide) groups is 1. The molecule has 22 heavy (non-hydrogen) atoms. The minimum Gasteiger partial charge on any atom is -0.497 e. The van der Waals surface area contributed by atoms with Gasteiger partial charge in [-0.25, -0.2) is 9.97 Å². The van der Waals surface area contributed by atoms with Crippen LogP contribution in [0.1, 0.15) is 17.7 Å². The fourth-order valence-electron chi connectivity index (χ4n) is 2.46. The Morgan fingerprint density at radius 2 is 2.09 bits per heavy atom. The molecular formula is C16H17N3O2S. The first-order valence-corrected chi connectivity index (χ1v) is 8.14. The van der Waals surface area contributed by atoms with Gasteiger partial charge in [-0.15, -0.1) is 11.8 Å². The molecule has 1 heterocycles. The van der Waals surface area contributed by atoms with Crippen LogP contribution >= 0.6 is 11.8 Å². The standard InChI is InChI=1S/C16H17N3O2S/c1-21-11-5-7-12(8-6-11)22-9-15(20)19-16-13-3-2-4-14(13)17-10-18-16/h5-8,10H,2-4,9H2,1H3,(H,17,18,19,20). The number of rotatable bonds is 5. The fourth-order valence-corrected chi connectivity index (χ4v) is 3.15. The lowest BCUT2D eigenvalue weighted by atomic mass is 10.2. The van der Waals surface area contributed by atoms with Crippen molar-refractivity contribution < 1.29 is 9.53 Å². The van der Waals surface area contributed by atoms with Crippen molar-refractivity contribution in [1.29, 1.82) is 0 Å². The summed E-state index contributed by atoms with van der Waals surface area (Å²) in [7, 11) is 1.63. The van der Waals surface area contributed by atoms with Crippen LogP contribution in [-0.4, -0.2) is 28.7 Å². The minimum atomic E-state index is -0.0476. The summed E-state index contributed by atoms with van der Waals surface area (Å²) in [5, 5.41) is 2.90. The number of ether oxygens (including phenoxy) is 1. The molecule has 0 aliphatic heterocycles. The maximum atomic E-state index is 12.1. The molecule has 1 aromatic heterocycles. The van der Waals surface area contributed by atoms with E-state index in [-0.39, 0.29) is 5.91 Å². The molecule has 114 valence electrons. The third-order valence-electron chi connectivity index (χ3n) is 3.56. The molecule has 0 radical (unpaired) electrons. The molecule has 1 aliphatic carbocycles. The number of methoxy groups -OCH3 is 1. The van der Waals surface area contributed by atoms with Gasteiger partial charge in [0.2, 0.25) is 5.91 Å². The molecule has 0 saturated heterocycles. The molecule has 1 N–H and O–H groups in total. The third kappa shape index (κ3) is 3.39. The Bertz CT molecular complexity index is 674. The van der Waals surface area contributed by atoms with E-state index in [1.807, 2.05) is 24.3 Å². The Balaban J connectivity index is 1.57. The van der Waals surface area contributed by atoms with E-state index in [1.165, 1.54) is 18.1 Å². The second-order valence-electron chi connectivity index (χ2n) is 5.01. The lowest BCUT2D eigenvalue weighted by Gasteiger charge is -2.08. The van der Waals surface area contributed by atoms with Gasteiger partial charge in [-0.05, 0) is 43.5 Å². The number of nitrogens with zero attached hydrogens (tertiary/aromatic N) is 2. The molecule has 0 bridgehead atoms. The molecular weight excluding hydrogens is 298 g/mol. The van der Waals surface area contributed by atoms with Crippen molar-refractivity contribution >= 4 is 23.5 Å². The van der Waals surface area contributed by atoms with Gasteiger partial charge >= 0.3 is 0 Å². The van der Waals surface area contributed by atoms with Gasteiger partial charge in [0, 0.05) is 16.2 Å². The van der Waals surface area contributed by atoms with Crippen molar-refractivity contribution in [3.63, 3.8) is 0 Å². The minimum absolute atomic E-state index is 0.0476. The highest BCUT2D eigenvalue weighted by Gasteiger charge is 2.18. The Kier molecular flexibility index (Phi) is 4.58. The van der Waals surface area contributed by atoms with E-state index in [2.05, 4.69) is 15.3 Å². The summed E-state index contributed by atoms with van der Waals surface area (Å²) < 4.78 is 5.11. The average Bonchev–Trinajstić information content (AvgIpc) is 3.03. The van der Waals surface area contributed by atoms with Crippen LogP contribution in [0.3, 0.4) is 0 Å². The number of hydrogen-bond acceptors (Lipinski definition) is 5. The number of anilines is 1. The van der Waals surface area contributed by atoms with E-state index in [4.69, 9.17) is 4.74 Å². The number of amides is 1. The maximum absolute atomic E-state index is 12.1. The summed E-state index contributed by atoms with van der Waals surface area (Å²) in [5.41, 5.74) is 2.15. The maximum Gasteiger partial charge on any atom is 0.235 e. The van der Waals surface area contributed by atoms with Crippen molar-refractivity contribution in [3.8, 4) is 5.75 Å². The number of aromatic nitrogens is 2. The van der Waals surface area contributed by atoms with Crippen LogP contribution in [0.25, 0.3) is 0 Å². The molecule has 1 aliphatic rings. The first-order valence-electron chi connectivity index (χ1n) is 7.15. The second kappa shape index (κ2) is 6.79. The average molecular weight is 315 g/mol. The summed E-state index contributed by atoms with van der Waals surface area (Å²) in [6.07, 6.45) is 4.52. The van der Waals surface area contributed by atoms with Crippen molar-refractivity contribution in [2.75, 3.05) is 18.2 Å². The summed E-state index contributed by atoms with van der Waals surface area (Å²) in [5.74, 6) is 1.78. The molecule has 6 heteroatoms. The van der Waals surface area contributed by atoms with E-state index in [0.29, 0.717) is 11.6 Å². The van der Waals surface area contributed by atoms with Crippen molar-refractivity contribution in [2.45, 2.75) is 24.2 Å². The van der Waals surface area contributed by atoms with Crippen LogP contribution in [-0.2, 0) is 17.6 Å². The number of aryl methyl sites for hydroxylation is 1. The molecule has 0 saturated carbocycles. The second-order valence-corrected chi connectivity index (χ2v) is 6.06. The van der Waals surface area contributed by atoms with Crippen LogP contribution in [0.15, 0.2) is 35.5 Å². The van der Waals surface area contributed by atoms with Gasteiger partial charge < -0.3 is 10.1 Å². The molecule has 0 unspecified atom stereocenters. The van der Waals surface area contributed by atoms with Crippen LogP contribution < -0.4 is 10.1 Å². The summed E-state index contributed by atoms with van der Waals surface area (Å²) in [4.78, 5) is 21.6. The number of benzene rings is 1. The Labute approximate surface area is 133 Å². The molecule has 2 aromatic rings. The summed E-state index contributed by atoms with van der Waals surface area (Å²) in [6.45, 7) is 0. The molecule has 0 atom stereocenters. The zero-order valence-corrected chi connectivity index (χ0v) is 13.2. The molecule has 1 aromatic carbocycles. The van der Waals surface area contributed by atoms with Gasteiger partial charge in [-0.2, -0.15) is 0 Å². The predicted molar refractivity (Wildman–Crippen MR) is 86.4 cm³/mol. The largest absolute Gasteiger partial charge is 0.497 e. The number of fused-ring (bicyclic) bond motifs is 1. The number of hydrogen-bond donors (Lipinski definition) is 1. The zero-order valence-electron chi connectivity index (χ0n) is 12.3. The number of carbonyl (C=O) groups excluding carboxylic acids is 1. The molecule has 1 amide bonds. The quantitative estimate of drug-likeness (QED) is 0.860. The number of nitrogens with one attached hydrogen (secondary N) is 1. The summed E-state index contributed by atoms with van der Waals surface area (Å²) >= 11 is 1.49. The van der Waals surface area contributed by atoms with E-state index in [0.717, 1.165) is 41.2 Å². The van der Waals surface area contributed by atoms with Crippen molar-refractivity contribution in [1.82, 2.24) is 9.97 Å². The van der Waals surface area contributed by atoms with Crippen LogP contribution in [0.2, 0.25) is 0 Å². The van der Waals surface area contributed by atoms with E-state index in [9.17, 15) is 4.79 Å². The third-order valence-corrected chi connectivity index (χ3v) is 4.57. The van der Waals surface area contributed by atoms with E-state index >= 15 is 0 Å². The molecule has 5 nitrogen and oxygen atoms in total. The van der Waals surface area contributed by atoms with Gasteiger partial charge in [0.1, 0.15) is 17.9 Å². The van der Waals surface area contributed by atoms with Gasteiger partial charge in [-0.3, -0.25) is 4.79 Å². The van der Waals surface area contributed by atoms with Gasteiger partial charge in [-0.1, -0.05) is 0 Å². The van der Waals surface area contributed by atoms with Crippen LogP contribution in [0, 0.1) is 0 Å². The van der Waals surface area contributed by atoms with E-state index < -0.39 is 0 Å². The molecule has 0 spiro atoms. The zero-order chi connectivity index (χ0) is 15.4. The predicted octanol–water partition coefficient (Wildman–Crippen LogP) is 2.70. The van der Waals surface area contributed by atoms with Gasteiger partial charge in [0.25, 0.3) is 0 Å². The normalized spacial score (nSPS) is 12.8. The number of carbonyl (C=O) groups is 1. The highest BCUT2D eigenvalue weighted by Crippen LogP contribution is 2.26. The Hall–Kier alpha value is -2.08. The van der Waals surface area contributed by atoms with Gasteiger partial charge in [0.15, 0.2) is 0 Å². The SMILES string of the molecule is COc1ccc(SCC(=O)Nc2ncnc3c2CCC3)cc1. The van der Waals surface area contributed by atoms with Gasteiger partial charge in [0.05, 0.1) is 12.9 Å². The van der Waals surface area contributed by atoms with Crippen LogP contribution in [0.5, 0.6) is 5.75 Å². The Morgan fingerprint density at radius 3 is 2.86 bits per heavy atom. The molecule has 0 fully saturated rings. The van der Waals surface area contributed by atoms with Crippen molar-refractivity contribution in [2.24, 2.45) is 0 Å². The fraction of sp³-hybridized carbons (Fsp3) is 0.312. The first kappa shape index (κ1) is 14.8. The highest BCUT2D eigenvalue weighted by atomic mass is 32.2. The monoisotopic (exact) mass is 315 g/mol. The smallest absolute Gasteiger partial charge is 0.235 e. The van der Waals surface area contributed by atoms with Crippen LogP contribution in [0.4, 0.5) is 5.82 Å². The topological polar surface area (TPSA) is 64.1 Å². The first-order chi connectivity index (χ1) is 10.8. The molecule has 3 rings (SSSR count). The van der Waals surface area contributed by atoms with E-state index in [1.54, 1.807) is 7.11 Å². The summed E-state index contributed by atoms with van der Waals surface area (Å²) in [6, 6.07) is 7.66. The highest BCUT2D eigenvalue weighted by molar-refractivity contribution is 8.00. The lowest BCUT2D eigenvalue weighted by Crippen LogP contribution is -2.16.